The summed E-state index contributed by atoms with van der Waals surface area (Å²) in [7, 11) is 0. The van der Waals surface area contributed by atoms with E-state index in [2.05, 4.69) is 17.5 Å². The maximum absolute atomic E-state index is 13.8. The summed E-state index contributed by atoms with van der Waals surface area (Å²) in [6, 6.07) is 8.47. The lowest BCUT2D eigenvalue weighted by atomic mass is 10.1. The van der Waals surface area contributed by atoms with Crippen LogP contribution in [0.25, 0.3) is 0 Å². The van der Waals surface area contributed by atoms with Gasteiger partial charge in [0.15, 0.2) is 11.6 Å². The van der Waals surface area contributed by atoms with Gasteiger partial charge < -0.3 is 11.1 Å². The number of nitrogens with two attached hydrogens (primary N) is 1. The van der Waals surface area contributed by atoms with Crippen LogP contribution in [0.5, 0.6) is 0 Å². The van der Waals surface area contributed by atoms with Crippen molar-refractivity contribution in [3.05, 3.63) is 65.0 Å². The van der Waals surface area contributed by atoms with Gasteiger partial charge >= 0.3 is 0 Å². The molecule has 0 bridgehead atoms. The van der Waals surface area contributed by atoms with Crippen molar-refractivity contribution in [1.29, 1.82) is 0 Å². The molecule has 0 heterocycles. The van der Waals surface area contributed by atoms with E-state index in [1.54, 1.807) is 12.1 Å². The summed E-state index contributed by atoms with van der Waals surface area (Å²) in [6.45, 7) is 0.167. The van der Waals surface area contributed by atoms with Crippen molar-refractivity contribution in [2.24, 2.45) is 5.73 Å². The predicted molar refractivity (Wildman–Crippen MR) is 76.0 cm³/mol. The molecule has 20 heavy (non-hydrogen) atoms. The number of benzene rings is 2. The Hall–Kier alpha value is -2.08. The minimum Gasteiger partial charge on any atom is -0.389 e. The van der Waals surface area contributed by atoms with E-state index in [1.165, 1.54) is 24.3 Å². The van der Waals surface area contributed by atoms with Crippen LogP contribution in [0.1, 0.15) is 11.1 Å². The minimum atomic E-state index is -1.10. The number of halogens is 3. The van der Waals surface area contributed by atoms with Crippen LogP contribution in [0.15, 0.2) is 36.4 Å². The Bertz CT molecular complexity index is 659. The van der Waals surface area contributed by atoms with E-state index in [0.29, 0.717) is 5.56 Å². The third-order valence-corrected chi connectivity index (χ3v) is 2.94. The van der Waals surface area contributed by atoms with Crippen molar-refractivity contribution in [1.82, 2.24) is 0 Å². The summed E-state index contributed by atoms with van der Waals surface area (Å²) in [5.74, 6) is -2.55. The maximum atomic E-state index is 13.8. The summed E-state index contributed by atoms with van der Waals surface area (Å²) in [6.07, 6.45) is 0. The first-order valence-corrected chi connectivity index (χ1v) is 6.16. The van der Waals surface area contributed by atoms with Crippen LogP contribution >= 0.6 is 12.2 Å². The second kappa shape index (κ2) is 5.92. The van der Waals surface area contributed by atoms with Gasteiger partial charge in [0.25, 0.3) is 0 Å². The standard InChI is InChI=1S/C14H11F3N2S/c15-9-3-1-2-8(6-9)7-19-11-5-4-10(14(18)20)12(16)13(11)17/h1-6,19H,7H2,(H2,18,20). The average molecular weight is 296 g/mol. The minimum absolute atomic E-state index is 0.0354. The number of anilines is 1. The molecule has 2 rings (SSSR count). The van der Waals surface area contributed by atoms with Crippen molar-refractivity contribution in [3.63, 3.8) is 0 Å². The molecule has 0 spiro atoms. The number of rotatable bonds is 4. The zero-order valence-electron chi connectivity index (χ0n) is 10.3. The monoisotopic (exact) mass is 296 g/mol. The molecular weight excluding hydrogens is 285 g/mol. The fourth-order valence-electron chi connectivity index (χ4n) is 1.72. The molecule has 0 saturated carbocycles. The van der Waals surface area contributed by atoms with Crippen molar-refractivity contribution < 1.29 is 13.2 Å². The lowest BCUT2D eigenvalue weighted by Gasteiger charge is -2.10. The van der Waals surface area contributed by atoms with Crippen LogP contribution in [-0.4, -0.2) is 4.99 Å². The van der Waals surface area contributed by atoms with Gasteiger partial charge in [0.2, 0.25) is 0 Å². The Morgan fingerprint density at radius 2 is 1.85 bits per heavy atom. The summed E-state index contributed by atoms with van der Waals surface area (Å²) in [5, 5.41) is 2.70. The molecule has 0 radical (unpaired) electrons. The Labute approximate surface area is 119 Å². The lowest BCUT2D eigenvalue weighted by molar-refractivity contribution is 0.509. The number of nitrogens with one attached hydrogen (secondary N) is 1. The topological polar surface area (TPSA) is 38.0 Å². The Balaban J connectivity index is 2.18. The van der Waals surface area contributed by atoms with Crippen molar-refractivity contribution in [2.45, 2.75) is 6.54 Å². The summed E-state index contributed by atoms with van der Waals surface area (Å²) < 4.78 is 40.4. The van der Waals surface area contributed by atoms with E-state index >= 15 is 0 Å². The first-order chi connectivity index (χ1) is 9.49. The SMILES string of the molecule is NC(=S)c1ccc(NCc2cccc(F)c2)c(F)c1F. The molecule has 2 aromatic rings. The highest BCUT2D eigenvalue weighted by molar-refractivity contribution is 7.80. The maximum Gasteiger partial charge on any atom is 0.182 e. The lowest BCUT2D eigenvalue weighted by Crippen LogP contribution is -2.14. The quantitative estimate of drug-likeness (QED) is 0.850. The second-order valence-corrected chi connectivity index (χ2v) is 4.58. The van der Waals surface area contributed by atoms with Crippen LogP contribution in [0.2, 0.25) is 0 Å². The molecule has 2 nitrogen and oxygen atoms in total. The van der Waals surface area contributed by atoms with Crippen LogP contribution in [0.3, 0.4) is 0 Å². The fraction of sp³-hybridized carbons (Fsp3) is 0.0714. The van der Waals surface area contributed by atoms with Gasteiger partial charge in [-0.2, -0.15) is 0 Å². The first-order valence-electron chi connectivity index (χ1n) is 5.75. The molecule has 104 valence electrons. The highest BCUT2D eigenvalue weighted by Crippen LogP contribution is 2.21. The fourth-order valence-corrected chi connectivity index (χ4v) is 1.88. The van der Waals surface area contributed by atoms with Gasteiger partial charge in [0.05, 0.1) is 5.69 Å². The molecule has 0 amide bonds. The third kappa shape index (κ3) is 3.08. The molecule has 0 atom stereocenters. The molecule has 2 aromatic carbocycles. The highest BCUT2D eigenvalue weighted by atomic mass is 32.1. The van der Waals surface area contributed by atoms with Crippen molar-refractivity contribution >= 4 is 22.9 Å². The van der Waals surface area contributed by atoms with Gasteiger partial charge in [0, 0.05) is 12.1 Å². The summed E-state index contributed by atoms with van der Waals surface area (Å²) in [5.41, 5.74) is 5.71. The first kappa shape index (κ1) is 14.3. The van der Waals surface area contributed by atoms with Crippen molar-refractivity contribution in [2.75, 3.05) is 5.32 Å². The smallest absolute Gasteiger partial charge is 0.182 e. The van der Waals surface area contributed by atoms with E-state index in [0.717, 1.165) is 0 Å². The molecule has 0 aliphatic heterocycles. The summed E-state index contributed by atoms with van der Waals surface area (Å²) >= 11 is 4.62. The normalized spacial score (nSPS) is 10.3. The molecule has 0 fully saturated rings. The predicted octanol–water partition coefficient (Wildman–Crippen LogP) is 3.35. The molecule has 0 aliphatic rings. The average Bonchev–Trinajstić information content (AvgIpc) is 2.40. The Kier molecular flexibility index (Phi) is 4.24. The third-order valence-electron chi connectivity index (χ3n) is 2.72. The second-order valence-electron chi connectivity index (χ2n) is 4.14. The van der Waals surface area contributed by atoms with Crippen LogP contribution in [0, 0.1) is 17.5 Å². The van der Waals surface area contributed by atoms with Gasteiger partial charge in [-0.25, -0.2) is 13.2 Å². The Morgan fingerprint density at radius 1 is 1.10 bits per heavy atom. The van der Waals surface area contributed by atoms with Gasteiger partial charge in [-0.05, 0) is 29.8 Å². The molecule has 0 aromatic heterocycles. The van der Waals surface area contributed by atoms with Crippen LogP contribution in [0.4, 0.5) is 18.9 Å². The van der Waals surface area contributed by atoms with E-state index in [1.807, 2.05) is 0 Å². The number of hydrogen-bond donors (Lipinski definition) is 2. The highest BCUT2D eigenvalue weighted by Gasteiger charge is 2.14. The molecule has 0 aliphatic carbocycles. The van der Waals surface area contributed by atoms with Crippen LogP contribution < -0.4 is 11.1 Å². The molecule has 0 saturated heterocycles. The van der Waals surface area contributed by atoms with Crippen molar-refractivity contribution in [3.8, 4) is 0 Å². The van der Waals surface area contributed by atoms with Gasteiger partial charge in [-0.1, -0.05) is 24.4 Å². The van der Waals surface area contributed by atoms with E-state index in [9.17, 15) is 13.2 Å². The van der Waals surface area contributed by atoms with E-state index < -0.39 is 11.6 Å². The van der Waals surface area contributed by atoms with E-state index in [-0.39, 0.29) is 28.6 Å². The molecule has 0 unspecified atom stereocenters. The van der Waals surface area contributed by atoms with Gasteiger partial charge in [-0.15, -0.1) is 0 Å². The zero-order valence-corrected chi connectivity index (χ0v) is 11.1. The Morgan fingerprint density at radius 3 is 2.50 bits per heavy atom. The van der Waals surface area contributed by atoms with Crippen LogP contribution in [-0.2, 0) is 6.54 Å². The molecule has 3 N–H and O–H groups in total. The molecular formula is C14H11F3N2S. The van der Waals surface area contributed by atoms with E-state index in [4.69, 9.17) is 5.73 Å². The van der Waals surface area contributed by atoms with Gasteiger partial charge in [-0.3, -0.25) is 0 Å². The zero-order chi connectivity index (χ0) is 14.7. The largest absolute Gasteiger partial charge is 0.389 e. The number of hydrogen-bond acceptors (Lipinski definition) is 2. The number of thiocarbonyl (C=S) groups is 1. The summed E-state index contributed by atoms with van der Waals surface area (Å²) in [4.78, 5) is -0.210. The molecule has 6 heteroatoms. The van der Waals surface area contributed by atoms with Gasteiger partial charge in [0.1, 0.15) is 10.8 Å².